The molecule has 0 rings (SSSR count). The van der Waals surface area contributed by atoms with Crippen LogP contribution in [0, 0.1) is 0 Å². The van der Waals surface area contributed by atoms with Crippen LogP contribution in [0.4, 0.5) is 4.79 Å². The van der Waals surface area contributed by atoms with Crippen LogP contribution in [0.15, 0.2) is 0 Å². The quantitative estimate of drug-likeness (QED) is 0.420. The van der Waals surface area contributed by atoms with Crippen LogP contribution < -0.4 is 0 Å². The summed E-state index contributed by atoms with van der Waals surface area (Å²) in [5.74, 6) is 0. The van der Waals surface area contributed by atoms with Crippen molar-refractivity contribution in [2.45, 2.75) is 0 Å². The van der Waals surface area contributed by atoms with Crippen LogP contribution in [0.25, 0.3) is 0 Å². The van der Waals surface area contributed by atoms with Crippen LogP contribution in [-0.2, 0) is 10.2 Å². The fourth-order valence-electron chi connectivity index (χ4n) is 0.00833. The molecule has 42 valence electrons. The average molecular weight is 562 g/mol. The minimum atomic E-state index is -0.617. The van der Waals surface area contributed by atoms with Crippen molar-refractivity contribution >= 4 is 6.16 Å². The van der Waals surface area contributed by atoms with Crippen molar-refractivity contribution in [3.8, 4) is 0 Å². The first-order valence-electron chi connectivity index (χ1n) is 0.871. The van der Waals surface area contributed by atoms with E-state index < -0.39 is 6.16 Å². The van der Waals surface area contributed by atoms with E-state index in [1.165, 1.54) is 0 Å². The first-order valence-corrected chi connectivity index (χ1v) is 3.02. The molecule has 0 aromatic rings. The van der Waals surface area contributed by atoms with Gasteiger partial charge in [0.25, 0.3) is 0 Å². The van der Waals surface area contributed by atoms with E-state index in [0.717, 1.165) is 0 Å². The molecule has 5 heteroatoms. The minimum absolute atomic E-state index is 0.617. The molecule has 0 fully saturated rings. The molecule has 0 saturated heterocycles. The van der Waals surface area contributed by atoms with Gasteiger partial charge in [-0.05, 0) is 0 Å². The van der Waals surface area contributed by atoms with Crippen LogP contribution in [-0.4, -0.2) is 6.16 Å². The van der Waals surface area contributed by atoms with Gasteiger partial charge in [-0.1, -0.05) is 0 Å². The molecule has 6 heavy (non-hydrogen) atoms. The van der Waals surface area contributed by atoms with Crippen molar-refractivity contribution in [2.75, 3.05) is 0 Å². The average Bonchev–Trinajstić information content (AvgIpc) is 1.65. The monoisotopic (exact) mass is 558 g/mol. The molecule has 0 amide bonds. The zero-order chi connectivity index (χ0) is 4.99. The first kappa shape index (κ1) is 3.27. The predicted molar refractivity (Wildman–Crippen MR) is 7.57 cm³/mol. The van der Waals surface area contributed by atoms with Gasteiger partial charge < -0.3 is 0 Å². The molecule has 0 spiro atoms. The van der Waals surface area contributed by atoms with Gasteiger partial charge in [-0.2, -0.15) is 0 Å². The van der Waals surface area contributed by atoms with Crippen LogP contribution in [0.3, 0.4) is 0 Å². The molecule has 0 aliphatic carbocycles. The van der Waals surface area contributed by atoms with Gasteiger partial charge in [0.05, 0.1) is 0 Å². The van der Waals surface area contributed by atoms with Gasteiger partial charge in [0.1, 0.15) is 0 Å². The van der Waals surface area contributed by atoms with Crippen molar-refractivity contribution in [3.05, 3.63) is 0 Å². The van der Waals surface area contributed by atoms with E-state index in [-0.39, 0.29) is 0 Å². The third-order valence-corrected chi connectivity index (χ3v) is 0.983. The Labute approximate surface area is 22.5 Å². The summed E-state index contributed by atoms with van der Waals surface area (Å²) in [5.41, 5.74) is 0. The summed E-state index contributed by atoms with van der Waals surface area (Å²) in [6.07, 6.45) is -0.617. The molecule has 0 bridgehead atoms. The maximum absolute atomic E-state index is 9.76. The fourth-order valence-corrected chi connectivity index (χ4v) is 0.725. The van der Waals surface area contributed by atoms with Crippen LogP contribution >= 0.6 is 0 Å². The van der Waals surface area contributed by atoms with Crippen molar-refractivity contribution in [1.29, 1.82) is 0 Å². The fraction of sp³-hybridized carbons (Fsp3) is 0. The Hall–Kier alpha value is -2.73. The zero-order valence-corrected chi connectivity index (χ0v) is 7.62. The van der Waals surface area contributed by atoms with Crippen LogP contribution in [0.2, 0.25) is 0 Å². The molecule has 0 saturated carbocycles. The third-order valence-electron chi connectivity index (χ3n) is 0.105. The van der Waals surface area contributed by atoms with Gasteiger partial charge in [-0.25, -0.2) is 0 Å². The summed E-state index contributed by atoms with van der Waals surface area (Å²) in [5, 5.41) is 8.19. The molecular formula is CCf2O3. The van der Waals surface area contributed by atoms with E-state index in [4.69, 9.17) is 0 Å². The summed E-state index contributed by atoms with van der Waals surface area (Å²) in [7, 11) is 0. The van der Waals surface area contributed by atoms with E-state index in [9.17, 15) is 4.79 Å². The normalized spacial score (nSPS) is 7.33. The number of carbonyl (C=O) groups is 1. The number of rotatable bonds is 0. The summed E-state index contributed by atoms with van der Waals surface area (Å²) in [6, 6.07) is 0. The third kappa shape index (κ3) is 0.0574. The van der Waals surface area contributed by atoms with Gasteiger partial charge in [-0.3, -0.25) is 0 Å². The Morgan fingerprint density at radius 3 is 1.67 bits per heavy atom. The molecule has 0 radical (unpaired) electrons. The molecule has 0 heterocycles. The number of hydrogen-bond acceptors (Lipinski definition) is 3. The van der Waals surface area contributed by atoms with Crippen molar-refractivity contribution in [2.24, 2.45) is 0 Å². The molecule has 0 N–H and O–H groups in total. The molecule has 0 aliphatic heterocycles. The van der Waals surface area contributed by atoms with Gasteiger partial charge in [0.2, 0.25) is 0 Å². The van der Waals surface area contributed by atoms with Crippen molar-refractivity contribution in [1.82, 2.24) is 0 Å². The summed E-state index contributed by atoms with van der Waals surface area (Å²) < 4.78 is 1.97. The Balaban J connectivity index is 2.99. The molecule has 0 aromatic carbocycles. The van der Waals surface area contributed by atoms with Gasteiger partial charge in [-0.15, -0.1) is 0 Å². The SMILES string of the molecule is O=C([O][Cf])[O][Cf]. The summed E-state index contributed by atoms with van der Waals surface area (Å²) in [4.78, 5) is 9.76. The van der Waals surface area contributed by atoms with E-state index in [2.05, 4.69) is 10.2 Å². The predicted octanol–water partition coefficient (Wildman–Crippen LogP) is 0.0682. The molecule has 0 aliphatic rings. The first-order chi connectivity index (χ1) is 2.81. The Morgan fingerprint density at radius 2 is 1.67 bits per heavy atom. The second-order valence-electron chi connectivity index (χ2n) is 0.379. The standard InChI is InChI=1S/CH2O3.2Cf/c2-1(3)4;;/h(H2,2,3,4);;/q;2*+1/p-2. The molecule has 0 aromatic heterocycles. The molecule has 0 unspecified atom stereocenters. The Bertz CT molecular complexity index is 46.8. The van der Waals surface area contributed by atoms with Gasteiger partial charge >= 0.3 is 21.2 Å². The second-order valence-corrected chi connectivity index (χ2v) is 1.45. The number of hydrogen-bond donors (Lipinski definition) is 0. The topological polar surface area (TPSA) is 35.5 Å². The Kier molecular flexibility index (Phi) is 0.387. The Morgan fingerprint density at radius 1 is 1.33 bits per heavy atom. The van der Waals surface area contributed by atoms with Crippen LogP contribution in [0.1, 0.15) is 0 Å². The maximum atomic E-state index is 9.76. The second kappa shape index (κ2) is 0.711. The summed E-state index contributed by atoms with van der Waals surface area (Å²) in [6.45, 7) is 0. The van der Waals surface area contributed by atoms with Crippen molar-refractivity contribution < 1.29 is 15.0 Å². The van der Waals surface area contributed by atoms with Gasteiger partial charge in [0, 0.05) is 0 Å². The molecule has 3 nitrogen and oxygen atoms in total. The molecule has 0 atom stereocenters. The van der Waals surface area contributed by atoms with Crippen molar-refractivity contribution in [3.63, 3.8) is 0 Å². The van der Waals surface area contributed by atoms with E-state index in [1.54, 1.807) is 0 Å². The van der Waals surface area contributed by atoms with Crippen LogP contribution in [0.5, 0.6) is 0 Å². The number of carbonyl (C=O) groups excluding carboxylic acids is 1. The van der Waals surface area contributed by atoms with E-state index >= 15 is 0 Å². The summed E-state index contributed by atoms with van der Waals surface area (Å²) >= 11 is 0. The van der Waals surface area contributed by atoms with Gasteiger partial charge in [0.15, 0.2) is 0 Å². The molecular weight excluding hydrogens is 562 g/mol. The zero-order valence-electron chi connectivity index (χ0n) is 2.36. The van der Waals surface area contributed by atoms with E-state index in [1.807, 2.05) is 0 Å². The van der Waals surface area contributed by atoms with E-state index in [0.29, 0.717) is 0 Å².